The van der Waals surface area contributed by atoms with E-state index in [1.165, 1.54) is 0 Å². The van der Waals surface area contributed by atoms with E-state index < -0.39 is 0 Å². The van der Waals surface area contributed by atoms with Crippen LogP contribution in [-0.4, -0.2) is 19.0 Å². The maximum Gasteiger partial charge on any atom is 0.133 e. The van der Waals surface area contributed by atoms with Crippen LogP contribution in [0, 0.1) is 17.3 Å². The Morgan fingerprint density at radius 2 is 1.88 bits per heavy atom. The second-order valence-electron chi connectivity index (χ2n) is 6.87. The van der Waals surface area contributed by atoms with Crippen LogP contribution in [0.4, 0.5) is 0 Å². The number of ketones is 1. The van der Waals surface area contributed by atoms with E-state index >= 15 is 0 Å². The fourth-order valence-electron chi connectivity index (χ4n) is 2.86. The third-order valence-corrected chi connectivity index (χ3v) is 3.39. The van der Waals surface area contributed by atoms with Crippen LogP contribution in [0.2, 0.25) is 0 Å². The first-order valence-electron chi connectivity index (χ1n) is 6.96. The molecule has 0 spiro atoms. The molecule has 2 nitrogen and oxygen atoms in total. The highest BCUT2D eigenvalue weighted by atomic mass is 16.5. The second kappa shape index (κ2) is 6.53. The molecule has 0 aromatic carbocycles. The molecule has 17 heavy (non-hydrogen) atoms. The van der Waals surface area contributed by atoms with Crippen LogP contribution >= 0.6 is 0 Å². The van der Waals surface area contributed by atoms with E-state index in [4.69, 9.17) is 4.74 Å². The normalized spacial score (nSPS) is 20.2. The maximum absolute atomic E-state index is 12.0. The maximum atomic E-state index is 12.0. The summed E-state index contributed by atoms with van der Waals surface area (Å²) in [7, 11) is 0. The van der Waals surface area contributed by atoms with Crippen LogP contribution in [0.1, 0.15) is 59.8 Å². The van der Waals surface area contributed by atoms with Crippen molar-refractivity contribution in [3.8, 4) is 0 Å². The highest BCUT2D eigenvalue weighted by Gasteiger charge is 2.21. The van der Waals surface area contributed by atoms with Gasteiger partial charge in [0.05, 0.1) is 0 Å². The SMILES string of the molecule is CC(CC(=O)CC1CCOCC1)CC(C)(C)C. The minimum Gasteiger partial charge on any atom is -0.381 e. The topological polar surface area (TPSA) is 26.3 Å². The van der Waals surface area contributed by atoms with Crippen molar-refractivity contribution in [3.63, 3.8) is 0 Å². The molecule has 1 heterocycles. The molecule has 1 fully saturated rings. The van der Waals surface area contributed by atoms with Gasteiger partial charge in [0.25, 0.3) is 0 Å². The number of rotatable bonds is 5. The Bertz CT molecular complexity index is 234. The zero-order valence-electron chi connectivity index (χ0n) is 11.9. The van der Waals surface area contributed by atoms with Gasteiger partial charge in [-0.25, -0.2) is 0 Å². The molecule has 2 heteroatoms. The van der Waals surface area contributed by atoms with Crippen LogP contribution in [0.15, 0.2) is 0 Å². The average molecular weight is 240 g/mol. The minimum atomic E-state index is 0.332. The first-order valence-corrected chi connectivity index (χ1v) is 6.96. The summed E-state index contributed by atoms with van der Waals surface area (Å²) in [5.74, 6) is 1.55. The fourth-order valence-corrected chi connectivity index (χ4v) is 2.86. The number of carbonyl (C=O) groups excluding carboxylic acids is 1. The van der Waals surface area contributed by atoms with Crippen molar-refractivity contribution >= 4 is 5.78 Å². The van der Waals surface area contributed by atoms with Gasteiger partial charge in [0.15, 0.2) is 0 Å². The summed E-state index contributed by atoms with van der Waals surface area (Å²) < 4.78 is 5.32. The van der Waals surface area contributed by atoms with Crippen molar-refractivity contribution in [1.82, 2.24) is 0 Å². The van der Waals surface area contributed by atoms with E-state index in [9.17, 15) is 4.79 Å². The lowest BCUT2D eigenvalue weighted by molar-refractivity contribution is -0.121. The lowest BCUT2D eigenvalue weighted by Gasteiger charge is -2.24. The second-order valence-corrected chi connectivity index (χ2v) is 6.87. The summed E-state index contributed by atoms with van der Waals surface area (Å²) in [4.78, 5) is 12.0. The Morgan fingerprint density at radius 3 is 2.41 bits per heavy atom. The van der Waals surface area contributed by atoms with Gasteiger partial charge in [-0.15, -0.1) is 0 Å². The van der Waals surface area contributed by atoms with Gasteiger partial charge in [0.2, 0.25) is 0 Å². The van der Waals surface area contributed by atoms with E-state index in [1.54, 1.807) is 0 Å². The largest absolute Gasteiger partial charge is 0.381 e. The molecule has 0 aromatic heterocycles. The molecular weight excluding hydrogens is 212 g/mol. The van der Waals surface area contributed by atoms with Crippen LogP contribution in [0.3, 0.4) is 0 Å². The number of Topliss-reactive ketones (excluding diaryl/α,β-unsaturated/α-hetero) is 1. The molecule has 1 aliphatic rings. The van der Waals surface area contributed by atoms with Crippen molar-refractivity contribution in [2.75, 3.05) is 13.2 Å². The minimum absolute atomic E-state index is 0.332. The van der Waals surface area contributed by atoms with Gasteiger partial charge in [-0.2, -0.15) is 0 Å². The monoisotopic (exact) mass is 240 g/mol. The van der Waals surface area contributed by atoms with Crippen molar-refractivity contribution in [2.45, 2.75) is 59.8 Å². The lowest BCUT2D eigenvalue weighted by atomic mass is 9.82. The summed E-state index contributed by atoms with van der Waals surface area (Å²) in [5.41, 5.74) is 0.332. The highest BCUT2D eigenvalue weighted by Crippen LogP contribution is 2.27. The van der Waals surface area contributed by atoms with Crippen LogP contribution in [0.5, 0.6) is 0 Å². The first-order chi connectivity index (χ1) is 7.87. The van der Waals surface area contributed by atoms with Crippen LogP contribution < -0.4 is 0 Å². The molecule has 0 radical (unpaired) electrons. The highest BCUT2D eigenvalue weighted by molar-refractivity contribution is 5.78. The zero-order valence-corrected chi connectivity index (χ0v) is 11.9. The average Bonchev–Trinajstić information content (AvgIpc) is 2.15. The molecular formula is C15H28O2. The Morgan fingerprint density at radius 1 is 1.29 bits per heavy atom. The summed E-state index contributed by atoms with van der Waals surface area (Å²) >= 11 is 0. The van der Waals surface area contributed by atoms with E-state index in [-0.39, 0.29) is 0 Å². The summed E-state index contributed by atoms with van der Waals surface area (Å²) in [6, 6.07) is 0. The third-order valence-electron chi connectivity index (χ3n) is 3.39. The van der Waals surface area contributed by atoms with Crippen molar-refractivity contribution < 1.29 is 9.53 Å². The summed E-state index contributed by atoms with van der Waals surface area (Å²) in [6.07, 6.45) is 4.80. The Hall–Kier alpha value is -0.370. The van der Waals surface area contributed by atoms with Gasteiger partial charge in [0, 0.05) is 26.1 Å². The van der Waals surface area contributed by atoms with E-state index in [2.05, 4.69) is 27.7 Å². The van der Waals surface area contributed by atoms with Crippen molar-refractivity contribution in [3.05, 3.63) is 0 Å². The number of hydrogen-bond acceptors (Lipinski definition) is 2. The van der Waals surface area contributed by atoms with Crippen molar-refractivity contribution in [2.24, 2.45) is 17.3 Å². The fraction of sp³-hybridized carbons (Fsp3) is 0.933. The summed E-state index contributed by atoms with van der Waals surface area (Å²) in [6.45, 7) is 10.6. The van der Waals surface area contributed by atoms with Gasteiger partial charge < -0.3 is 4.74 Å². The van der Waals surface area contributed by atoms with Gasteiger partial charge in [-0.05, 0) is 36.5 Å². The van der Waals surface area contributed by atoms with Crippen molar-refractivity contribution in [1.29, 1.82) is 0 Å². The predicted octanol–water partition coefficient (Wildman–Crippen LogP) is 3.83. The quantitative estimate of drug-likeness (QED) is 0.730. The van der Waals surface area contributed by atoms with E-state index in [0.717, 1.165) is 45.3 Å². The zero-order chi connectivity index (χ0) is 12.9. The molecule has 0 amide bonds. The van der Waals surface area contributed by atoms with E-state index in [0.29, 0.717) is 23.0 Å². The van der Waals surface area contributed by atoms with E-state index in [1.807, 2.05) is 0 Å². The molecule has 1 rings (SSSR count). The van der Waals surface area contributed by atoms with Gasteiger partial charge in [-0.1, -0.05) is 27.7 Å². The molecule has 1 atom stereocenters. The standard InChI is InChI=1S/C15H28O2/c1-12(11-15(2,3)4)9-14(16)10-13-5-7-17-8-6-13/h12-13H,5-11H2,1-4H3. The summed E-state index contributed by atoms with van der Waals surface area (Å²) in [5, 5.41) is 0. The molecule has 1 saturated heterocycles. The smallest absolute Gasteiger partial charge is 0.133 e. The molecule has 0 aliphatic carbocycles. The molecule has 100 valence electrons. The number of carbonyl (C=O) groups is 1. The van der Waals surface area contributed by atoms with Crippen LogP contribution in [0.25, 0.3) is 0 Å². The number of hydrogen-bond donors (Lipinski definition) is 0. The first kappa shape index (κ1) is 14.7. The molecule has 0 aromatic rings. The van der Waals surface area contributed by atoms with Crippen LogP contribution in [-0.2, 0) is 9.53 Å². The molecule has 0 N–H and O–H groups in total. The molecule has 0 saturated carbocycles. The lowest BCUT2D eigenvalue weighted by Crippen LogP contribution is -2.20. The van der Waals surface area contributed by atoms with Gasteiger partial charge in [-0.3, -0.25) is 4.79 Å². The molecule has 1 aliphatic heterocycles. The Kier molecular flexibility index (Phi) is 5.64. The predicted molar refractivity (Wildman–Crippen MR) is 71.0 cm³/mol. The van der Waals surface area contributed by atoms with Gasteiger partial charge >= 0.3 is 0 Å². The molecule has 0 bridgehead atoms. The third kappa shape index (κ3) is 6.82. The molecule has 1 unspecified atom stereocenters. The Balaban J connectivity index is 2.23. The Labute approximate surface area is 106 Å². The van der Waals surface area contributed by atoms with Gasteiger partial charge in [0.1, 0.15) is 5.78 Å². The number of ether oxygens (including phenoxy) is 1.